The monoisotopic (exact) mass is 365 g/mol. The fourth-order valence-electron chi connectivity index (χ4n) is 2.33. The number of thiocarbonyl (C=S) groups is 1. The Bertz CT molecular complexity index is 892. The molecule has 2 N–H and O–H groups in total. The molecule has 0 aliphatic carbocycles. The Morgan fingerprint density at radius 1 is 1.23 bits per heavy atom. The molecule has 3 rings (SSSR count). The summed E-state index contributed by atoms with van der Waals surface area (Å²) in [6.45, 7) is 0.720. The first kappa shape index (κ1) is 17.6. The van der Waals surface area contributed by atoms with E-state index in [0.717, 1.165) is 23.5 Å². The maximum absolute atomic E-state index is 5.23. The molecule has 2 aromatic carbocycles. The van der Waals surface area contributed by atoms with Crippen LogP contribution in [0.2, 0.25) is 0 Å². The van der Waals surface area contributed by atoms with Gasteiger partial charge in [-0.3, -0.25) is 10.1 Å². The fraction of sp³-hybridized carbons (Fsp3) is 0.105. The Morgan fingerprint density at radius 2 is 2.08 bits per heavy atom. The van der Waals surface area contributed by atoms with E-state index in [0.29, 0.717) is 5.11 Å². The molecule has 0 amide bonds. The zero-order chi connectivity index (χ0) is 18.2. The van der Waals surface area contributed by atoms with Gasteiger partial charge in [-0.2, -0.15) is 10.2 Å². The van der Waals surface area contributed by atoms with Crippen molar-refractivity contribution in [1.29, 1.82) is 0 Å². The van der Waals surface area contributed by atoms with Crippen molar-refractivity contribution in [1.82, 2.24) is 15.2 Å². The average Bonchev–Trinajstić information content (AvgIpc) is 3.10. The number of anilines is 1. The van der Waals surface area contributed by atoms with E-state index >= 15 is 0 Å². The molecule has 0 atom stereocenters. The number of aromatic nitrogens is 2. The van der Waals surface area contributed by atoms with Crippen LogP contribution in [0.15, 0.2) is 72.1 Å². The second kappa shape index (κ2) is 8.77. The maximum atomic E-state index is 5.23. The Morgan fingerprint density at radius 3 is 2.88 bits per heavy atom. The van der Waals surface area contributed by atoms with E-state index in [9.17, 15) is 0 Å². The van der Waals surface area contributed by atoms with Crippen molar-refractivity contribution in [2.45, 2.75) is 6.54 Å². The lowest BCUT2D eigenvalue weighted by molar-refractivity contribution is 0.415. The number of ether oxygens (including phenoxy) is 1. The number of benzene rings is 2. The van der Waals surface area contributed by atoms with Gasteiger partial charge >= 0.3 is 0 Å². The largest absolute Gasteiger partial charge is 0.497 e. The summed E-state index contributed by atoms with van der Waals surface area (Å²) in [5.41, 5.74) is 5.70. The van der Waals surface area contributed by atoms with Crippen molar-refractivity contribution < 1.29 is 4.74 Å². The van der Waals surface area contributed by atoms with E-state index in [1.54, 1.807) is 19.5 Å². The highest BCUT2D eigenvalue weighted by atomic mass is 32.1. The van der Waals surface area contributed by atoms with E-state index in [4.69, 9.17) is 17.0 Å². The van der Waals surface area contributed by atoms with Gasteiger partial charge in [0, 0.05) is 23.5 Å². The lowest BCUT2D eigenvalue weighted by Gasteiger charge is -2.08. The molecule has 0 fully saturated rings. The van der Waals surface area contributed by atoms with Crippen molar-refractivity contribution in [2.75, 3.05) is 12.4 Å². The summed E-state index contributed by atoms with van der Waals surface area (Å²) in [5.74, 6) is 0.757. The molecule has 0 aliphatic rings. The summed E-state index contributed by atoms with van der Waals surface area (Å²) < 4.78 is 7.04. The van der Waals surface area contributed by atoms with Crippen molar-refractivity contribution in [3.63, 3.8) is 0 Å². The summed E-state index contributed by atoms with van der Waals surface area (Å²) in [5, 5.41) is 11.9. The Balaban J connectivity index is 1.51. The zero-order valence-electron chi connectivity index (χ0n) is 14.3. The van der Waals surface area contributed by atoms with E-state index < -0.39 is 0 Å². The number of hydrogen-bond acceptors (Lipinski definition) is 4. The number of nitrogens with zero attached hydrogens (tertiary/aromatic N) is 3. The summed E-state index contributed by atoms with van der Waals surface area (Å²) >= 11 is 5.23. The topological polar surface area (TPSA) is 63.5 Å². The molecule has 0 saturated heterocycles. The van der Waals surface area contributed by atoms with Crippen LogP contribution < -0.4 is 15.5 Å². The molecule has 0 aliphatic heterocycles. The van der Waals surface area contributed by atoms with E-state index in [1.807, 2.05) is 53.3 Å². The van der Waals surface area contributed by atoms with E-state index in [2.05, 4.69) is 33.1 Å². The number of nitrogens with one attached hydrogen (secondary N) is 2. The van der Waals surface area contributed by atoms with Gasteiger partial charge in [0.1, 0.15) is 5.75 Å². The smallest absolute Gasteiger partial charge is 0.191 e. The third-order valence-electron chi connectivity index (χ3n) is 3.55. The minimum atomic E-state index is 0.395. The molecule has 0 spiro atoms. The molecule has 26 heavy (non-hydrogen) atoms. The van der Waals surface area contributed by atoms with Gasteiger partial charge in [0.25, 0.3) is 0 Å². The second-order valence-corrected chi connectivity index (χ2v) is 5.92. The van der Waals surface area contributed by atoms with Crippen LogP contribution in [0, 0.1) is 0 Å². The first-order valence-electron chi connectivity index (χ1n) is 8.03. The van der Waals surface area contributed by atoms with Gasteiger partial charge in [-0.25, -0.2) is 0 Å². The Labute approximate surface area is 157 Å². The number of rotatable bonds is 6. The highest BCUT2D eigenvalue weighted by molar-refractivity contribution is 7.80. The standard InChI is InChI=1S/C19H19N5OS/c1-25-18-9-5-8-17(10-18)22-19(26)23-20-11-16-12-21-24(14-16)13-15-6-3-2-4-7-15/h2-12,14H,13H2,1H3,(H2,22,23,26)/b20-11-. The first-order valence-corrected chi connectivity index (χ1v) is 8.44. The van der Waals surface area contributed by atoms with Crippen LogP contribution >= 0.6 is 12.2 Å². The molecule has 1 heterocycles. The number of hydrazone groups is 1. The summed E-state index contributed by atoms with van der Waals surface area (Å²) in [4.78, 5) is 0. The van der Waals surface area contributed by atoms with Gasteiger partial charge in [-0.1, -0.05) is 36.4 Å². The number of methoxy groups -OCH3 is 1. The molecule has 0 radical (unpaired) electrons. The summed E-state index contributed by atoms with van der Waals surface area (Å²) in [6.07, 6.45) is 5.36. The highest BCUT2D eigenvalue weighted by Gasteiger charge is 2.00. The van der Waals surface area contributed by atoms with Crippen molar-refractivity contribution >= 4 is 29.2 Å². The first-order chi connectivity index (χ1) is 12.7. The molecular formula is C19H19N5OS. The molecule has 0 unspecified atom stereocenters. The molecule has 3 aromatic rings. The molecule has 132 valence electrons. The molecule has 0 bridgehead atoms. The van der Waals surface area contributed by atoms with Crippen LogP contribution in [-0.2, 0) is 6.54 Å². The Hall–Kier alpha value is -3.19. The van der Waals surface area contributed by atoms with Crippen LogP contribution in [0.5, 0.6) is 5.75 Å². The normalized spacial score (nSPS) is 10.7. The molecule has 6 nitrogen and oxygen atoms in total. The lowest BCUT2D eigenvalue weighted by Crippen LogP contribution is -2.23. The SMILES string of the molecule is COc1cccc(NC(=S)N/N=C\c2cnn(Cc3ccccc3)c2)c1. The van der Waals surface area contributed by atoms with Crippen LogP contribution in [0.25, 0.3) is 0 Å². The minimum absolute atomic E-state index is 0.395. The van der Waals surface area contributed by atoms with Crippen molar-refractivity contribution in [3.8, 4) is 5.75 Å². The van der Waals surface area contributed by atoms with Gasteiger partial charge in [-0.15, -0.1) is 0 Å². The molecule has 1 aromatic heterocycles. The van der Waals surface area contributed by atoms with Gasteiger partial charge in [0.05, 0.1) is 26.1 Å². The Kier molecular flexibility index (Phi) is 5.95. The zero-order valence-corrected chi connectivity index (χ0v) is 15.1. The van der Waals surface area contributed by atoms with Crippen molar-refractivity contribution in [2.24, 2.45) is 5.10 Å². The van der Waals surface area contributed by atoms with Gasteiger partial charge in [0.2, 0.25) is 0 Å². The van der Waals surface area contributed by atoms with Gasteiger partial charge < -0.3 is 10.1 Å². The summed E-state index contributed by atoms with van der Waals surface area (Å²) in [7, 11) is 1.62. The quantitative estimate of drug-likeness (QED) is 0.399. The summed E-state index contributed by atoms with van der Waals surface area (Å²) in [6, 6.07) is 17.7. The van der Waals surface area contributed by atoms with Crippen LogP contribution in [0.3, 0.4) is 0 Å². The highest BCUT2D eigenvalue weighted by Crippen LogP contribution is 2.16. The van der Waals surface area contributed by atoms with Crippen LogP contribution in [-0.4, -0.2) is 28.2 Å². The second-order valence-electron chi connectivity index (χ2n) is 5.51. The average molecular weight is 365 g/mol. The minimum Gasteiger partial charge on any atom is -0.497 e. The van der Waals surface area contributed by atoms with Gasteiger partial charge in [-0.05, 0) is 29.9 Å². The molecule has 7 heteroatoms. The van der Waals surface area contributed by atoms with E-state index in [-0.39, 0.29) is 0 Å². The number of hydrogen-bond donors (Lipinski definition) is 2. The van der Waals surface area contributed by atoms with Crippen molar-refractivity contribution in [3.05, 3.63) is 78.1 Å². The third kappa shape index (κ3) is 5.15. The molecule has 0 saturated carbocycles. The molecular weight excluding hydrogens is 346 g/mol. The van der Waals surface area contributed by atoms with Gasteiger partial charge in [0.15, 0.2) is 5.11 Å². The predicted octanol–water partition coefficient (Wildman–Crippen LogP) is 3.26. The fourth-order valence-corrected chi connectivity index (χ4v) is 2.50. The van der Waals surface area contributed by atoms with Crippen LogP contribution in [0.4, 0.5) is 5.69 Å². The van der Waals surface area contributed by atoms with E-state index in [1.165, 1.54) is 5.56 Å². The maximum Gasteiger partial charge on any atom is 0.191 e. The lowest BCUT2D eigenvalue weighted by atomic mass is 10.2. The predicted molar refractivity (Wildman–Crippen MR) is 108 cm³/mol. The van der Waals surface area contributed by atoms with Crippen LogP contribution in [0.1, 0.15) is 11.1 Å². The third-order valence-corrected chi connectivity index (χ3v) is 3.74.